The number of rotatable bonds is 9. The van der Waals surface area contributed by atoms with Crippen molar-refractivity contribution < 1.29 is 13.5 Å². The van der Waals surface area contributed by atoms with E-state index in [4.69, 9.17) is 5.11 Å². The van der Waals surface area contributed by atoms with Gasteiger partial charge < -0.3 is 10.4 Å². The molecular weight excluding hydrogens is 214 g/mol. The van der Waals surface area contributed by atoms with Gasteiger partial charge in [0.1, 0.15) is 9.84 Å². The van der Waals surface area contributed by atoms with Gasteiger partial charge in [-0.05, 0) is 25.3 Å². The summed E-state index contributed by atoms with van der Waals surface area (Å²) in [5.41, 5.74) is 0. The van der Waals surface area contributed by atoms with E-state index >= 15 is 0 Å². The molecular formula is C10H23NO3S. The summed E-state index contributed by atoms with van der Waals surface area (Å²) in [5.74, 6) is 0.643. The van der Waals surface area contributed by atoms with Crippen LogP contribution in [0.4, 0.5) is 0 Å². The molecule has 4 nitrogen and oxygen atoms in total. The van der Waals surface area contributed by atoms with Crippen LogP contribution in [0.1, 0.15) is 26.2 Å². The van der Waals surface area contributed by atoms with Gasteiger partial charge in [0, 0.05) is 19.4 Å². The smallest absolute Gasteiger partial charge is 0.148 e. The monoisotopic (exact) mass is 237 g/mol. The minimum Gasteiger partial charge on any atom is -0.396 e. The molecule has 0 bridgehead atoms. The van der Waals surface area contributed by atoms with E-state index in [9.17, 15) is 8.42 Å². The second-order valence-electron chi connectivity index (χ2n) is 4.00. The zero-order valence-electron chi connectivity index (χ0n) is 9.70. The van der Waals surface area contributed by atoms with E-state index in [0.29, 0.717) is 12.5 Å². The van der Waals surface area contributed by atoms with Crippen LogP contribution in [0, 0.1) is 5.92 Å². The first-order valence-electron chi connectivity index (χ1n) is 5.49. The van der Waals surface area contributed by atoms with Gasteiger partial charge in [-0.25, -0.2) is 8.42 Å². The third-order valence-corrected chi connectivity index (χ3v) is 3.26. The van der Waals surface area contributed by atoms with Crippen molar-refractivity contribution in [1.82, 2.24) is 5.32 Å². The molecule has 0 aliphatic rings. The molecule has 2 N–H and O–H groups in total. The van der Waals surface area contributed by atoms with Gasteiger partial charge in [-0.2, -0.15) is 0 Å². The fourth-order valence-corrected chi connectivity index (χ4v) is 2.02. The van der Waals surface area contributed by atoms with Gasteiger partial charge in [-0.1, -0.05) is 13.3 Å². The first-order valence-corrected chi connectivity index (χ1v) is 7.55. The predicted octanol–water partition coefficient (Wildman–Crippen LogP) is 0.419. The van der Waals surface area contributed by atoms with Crippen molar-refractivity contribution in [2.45, 2.75) is 26.2 Å². The molecule has 0 aliphatic carbocycles. The van der Waals surface area contributed by atoms with Crippen LogP contribution < -0.4 is 5.32 Å². The lowest BCUT2D eigenvalue weighted by molar-refractivity contribution is 0.248. The van der Waals surface area contributed by atoms with Crippen molar-refractivity contribution >= 4 is 9.84 Å². The van der Waals surface area contributed by atoms with E-state index in [1.165, 1.54) is 6.26 Å². The maximum absolute atomic E-state index is 10.8. The van der Waals surface area contributed by atoms with Crippen molar-refractivity contribution in [3.8, 4) is 0 Å². The molecule has 0 saturated carbocycles. The Morgan fingerprint density at radius 3 is 2.47 bits per heavy atom. The van der Waals surface area contributed by atoms with Crippen LogP contribution in [0.25, 0.3) is 0 Å². The Labute approximate surface area is 93.0 Å². The molecule has 1 atom stereocenters. The number of sulfone groups is 1. The molecule has 0 amide bonds. The number of aliphatic hydroxyl groups is 1. The van der Waals surface area contributed by atoms with Gasteiger partial charge in [0.2, 0.25) is 0 Å². The van der Waals surface area contributed by atoms with Crippen LogP contribution >= 0.6 is 0 Å². The largest absolute Gasteiger partial charge is 0.396 e. The summed E-state index contributed by atoms with van der Waals surface area (Å²) in [5, 5.41) is 11.9. The van der Waals surface area contributed by atoms with Crippen molar-refractivity contribution in [3.05, 3.63) is 0 Å². The molecule has 0 radical (unpaired) electrons. The maximum Gasteiger partial charge on any atom is 0.148 e. The molecule has 0 aliphatic heterocycles. The van der Waals surface area contributed by atoms with Crippen LogP contribution in [0.2, 0.25) is 0 Å². The van der Waals surface area contributed by atoms with E-state index in [1.54, 1.807) is 0 Å². The Hall–Kier alpha value is -0.130. The molecule has 0 aromatic carbocycles. The highest BCUT2D eigenvalue weighted by molar-refractivity contribution is 7.90. The molecule has 0 saturated heterocycles. The molecule has 0 spiro atoms. The number of hydrogen-bond acceptors (Lipinski definition) is 4. The Balaban J connectivity index is 3.61. The second-order valence-corrected chi connectivity index (χ2v) is 6.26. The van der Waals surface area contributed by atoms with E-state index < -0.39 is 9.84 Å². The first-order chi connectivity index (χ1) is 6.99. The molecule has 1 unspecified atom stereocenters. The third kappa shape index (κ3) is 10.2. The SMILES string of the molecule is CCCC(CCO)CNCCS(C)(=O)=O. The molecule has 92 valence electrons. The molecule has 15 heavy (non-hydrogen) atoms. The Kier molecular flexibility index (Phi) is 8.00. The lowest BCUT2D eigenvalue weighted by Crippen LogP contribution is -2.28. The van der Waals surface area contributed by atoms with Gasteiger partial charge in [0.25, 0.3) is 0 Å². The Bertz CT molecular complexity index is 233. The van der Waals surface area contributed by atoms with Crippen molar-refractivity contribution in [2.75, 3.05) is 31.7 Å². The lowest BCUT2D eigenvalue weighted by Gasteiger charge is -2.15. The van der Waals surface area contributed by atoms with E-state index in [0.717, 1.165) is 25.8 Å². The van der Waals surface area contributed by atoms with Crippen molar-refractivity contribution in [3.63, 3.8) is 0 Å². The molecule has 0 aromatic rings. The van der Waals surface area contributed by atoms with Gasteiger partial charge >= 0.3 is 0 Å². The van der Waals surface area contributed by atoms with Gasteiger partial charge in [-0.3, -0.25) is 0 Å². The van der Waals surface area contributed by atoms with Crippen molar-refractivity contribution in [2.24, 2.45) is 5.92 Å². The number of hydrogen-bond donors (Lipinski definition) is 2. The van der Waals surface area contributed by atoms with Crippen molar-refractivity contribution in [1.29, 1.82) is 0 Å². The fraction of sp³-hybridized carbons (Fsp3) is 1.00. The summed E-state index contributed by atoms with van der Waals surface area (Å²) in [6.45, 7) is 3.62. The van der Waals surface area contributed by atoms with Gasteiger partial charge in [0.15, 0.2) is 0 Å². The fourth-order valence-electron chi connectivity index (χ4n) is 1.50. The topological polar surface area (TPSA) is 66.4 Å². The van der Waals surface area contributed by atoms with Crippen LogP contribution in [-0.2, 0) is 9.84 Å². The maximum atomic E-state index is 10.8. The molecule has 0 aromatic heterocycles. The lowest BCUT2D eigenvalue weighted by atomic mass is 10.0. The summed E-state index contributed by atoms with van der Waals surface area (Å²) >= 11 is 0. The van der Waals surface area contributed by atoms with Crippen LogP contribution in [-0.4, -0.2) is 45.2 Å². The minimum absolute atomic E-state index is 0.185. The Morgan fingerprint density at radius 1 is 1.33 bits per heavy atom. The highest BCUT2D eigenvalue weighted by Crippen LogP contribution is 2.08. The zero-order valence-corrected chi connectivity index (χ0v) is 10.5. The predicted molar refractivity (Wildman–Crippen MR) is 62.7 cm³/mol. The van der Waals surface area contributed by atoms with Crippen LogP contribution in [0.15, 0.2) is 0 Å². The summed E-state index contributed by atoms with van der Waals surface area (Å²) in [4.78, 5) is 0. The summed E-state index contributed by atoms with van der Waals surface area (Å²) in [6, 6.07) is 0. The van der Waals surface area contributed by atoms with E-state index in [2.05, 4.69) is 12.2 Å². The average Bonchev–Trinajstić information content (AvgIpc) is 2.11. The van der Waals surface area contributed by atoms with Gasteiger partial charge in [0.05, 0.1) is 5.75 Å². The first kappa shape index (κ1) is 14.9. The standard InChI is InChI=1S/C10H23NO3S/c1-3-4-10(5-7-12)9-11-6-8-15(2,13)14/h10-12H,3-9H2,1-2H3. The van der Waals surface area contributed by atoms with Gasteiger partial charge in [-0.15, -0.1) is 0 Å². The zero-order chi connectivity index (χ0) is 11.7. The molecule has 0 heterocycles. The van der Waals surface area contributed by atoms with Crippen LogP contribution in [0.3, 0.4) is 0 Å². The number of nitrogens with one attached hydrogen (secondary N) is 1. The third-order valence-electron chi connectivity index (χ3n) is 2.32. The molecule has 0 rings (SSSR count). The molecule has 5 heteroatoms. The summed E-state index contributed by atoms with van der Waals surface area (Å²) < 4.78 is 21.7. The summed E-state index contributed by atoms with van der Waals surface area (Å²) in [7, 11) is -2.86. The van der Waals surface area contributed by atoms with E-state index in [1.807, 2.05) is 0 Å². The second kappa shape index (κ2) is 8.07. The summed E-state index contributed by atoms with van der Waals surface area (Å²) in [6.07, 6.45) is 4.20. The quantitative estimate of drug-likeness (QED) is 0.570. The average molecular weight is 237 g/mol. The number of aliphatic hydroxyl groups excluding tert-OH is 1. The van der Waals surface area contributed by atoms with Crippen LogP contribution in [0.5, 0.6) is 0 Å². The van der Waals surface area contributed by atoms with E-state index in [-0.39, 0.29) is 12.4 Å². The Morgan fingerprint density at radius 2 is 2.00 bits per heavy atom. The normalized spacial score (nSPS) is 14.1. The molecule has 0 fully saturated rings. The minimum atomic E-state index is -2.86. The highest BCUT2D eigenvalue weighted by Gasteiger charge is 2.07. The highest BCUT2D eigenvalue weighted by atomic mass is 32.2.